The summed E-state index contributed by atoms with van der Waals surface area (Å²) in [5, 5.41) is 1.42. The number of H-pyrrole nitrogens is 1. The van der Waals surface area contributed by atoms with E-state index in [1.165, 1.54) is 41.7 Å². The molecule has 140 valence electrons. The predicted molar refractivity (Wildman–Crippen MR) is 111 cm³/mol. The number of likely N-dealkylation sites (tertiary alicyclic amines) is 1. The second kappa shape index (κ2) is 6.42. The van der Waals surface area contributed by atoms with Gasteiger partial charge in [0.2, 0.25) is 0 Å². The molecular formula is C24H28N2O. The highest BCUT2D eigenvalue weighted by Crippen LogP contribution is 2.49. The Labute approximate surface area is 161 Å². The fraction of sp³-hybridized carbons (Fsp3) is 0.417. The first-order valence-corrected chi connectivity index (χ1v) is 10.2. The average Bonchev–Trinajstić information content (AvgIpc) is 3.08. The van der Waals surface area contributed by atoms with Crippen LogP contribution in [0.1, 0.15) is 30.2 Å². The lowest BCUT2D eigenvalue weighted by molar-refractivity contribution is 0.0852. The number of hydrogen-bond donors (Lipinski definition) is 1. The van der Waals surface area contributed by atoms with Crippen LogP contribution in [0.3, 0.4) is 0 Å². The van der Waals surface area contributed by atoms with Crippen LogP contribution in [-0.2, 0) is 18.3 Å². The normalized spacial score (nSPS) is 25.2. The van der Waals surface area contributed by atoms with Gasteiger partial charge in [0.15, 0.2) is 0 Å². The number of benzene rings is 2. The van der Waals surface area contributed by atoms with Gasteiger partial charge in [-0.2, -0.15) is 0 Å². The third-order valence-corrected chi connectivity index (χ3v) is 7.07. The topological polar surface area (TPSA) is 28.3 Å². The predicted octanol–water partition coefficient (Wildman–Crippen LogP) is 4.55. The SMILES string of the molecule is CCN1CC[C@]2(c3cccc(OC)c3)Cc3[nH]c4ccccc4c3CC2C1. The van der Waals surface area contributed by atoms with Gasteiger partial charge in [-0.1, -0.05) is 37.3 Å². The number of rotatable bonds is 3. The molecule has 3 nitrogen and oxygen atoms in total. The van der Waals surface area contributed by atoms with Gasteiger partial charge in [0, 0.05) is 28.6 Å². The maximum Gasteiger partial charge on any atom is 0.119 e. The number of nitrogens with one attached hydrogen (secondary N) is 1. The van der Waals surface area contributed by atoms with E-state index in [2.05, 4.69) is 65.3 Å². The van der Waals surface area contributed by atoms with Crippen molar-refractivity contribution in [1.82, 2.24) is 9.88 Å². The van der Waals surface area contributed by atoms with E-state index in [0.717, 1.165) is 25.1 Å². The number of para-hydroxylation sites is 1. The molecule has 2 atom stereocenters. The average molecular weight is 361 g/mol. The molecule has 0 radical (unpaired) electrons. The van der Waals surface area contributed by atoms with Crippen molar-refractivity contribution < 1.29 is 4.74 Å². The van der Waals surface area contributed by atoms with Crippen molar-refractivity contribution in [2.45, 2.75) is 31.6 Å². The summed E-state index contributed by atoms with van der Waals surface area (Å²) in [4.78, 5) is 6.38. The zero-order chi connectivity index (χ0) is 18.4. The Balaban J connectivity index is 1.65. The smallest absolute Gasteiger partial charge is 0.119 e. The Morgan fingerprint density at radius 2 is 2.07 bits per heavy atom. The second-order valence-electron chi connectivity index (χ2n) is 8.24. The molecule has 1 aromatic heterocycles. The van der Waals surface area contributed by atoms with Crippen LogP contribution in [0.2, 0.25) is 0 Å². The largest absolute Gasteiger partial charge is 0.497 e. The minimum absolute atomic E-state index is 0.202. The van der Waals surface area contributed by atoms with E-state index >= 15 is 0 Å². The standard InChI is InChI=1S/C24H28N2O/c1-3-26-12-11-24(17-7-6-8-19(13-17)27-2)15-23-21(14-18(24)16-26)20-9-4-5-10-22(20)25-23/h4-10,13,18,25H,3,11-12,14-16H2,1-2H3/t18?,24-/m1/s1. The van der Waals surface area contributed by atoms with Gasteiger partial charge >= 0.3 is 0 Å². The number of methoxy groups -OCH3 is 1. The molecule has 1 aliphatic carbocycles. The van der Waals surface area contributed by atoms with Crippen molar-refractivity contribution >= 4 is 10.9 Å². The highest BCUT2D eigenvalue weighted by Gasteiger charge is 2.47. The van der Waals surface area contributed by atoms with Crippen LogP contribution in [0, 0.1) is 5.92 Å². The van der Waals surface area contributed by atoms with Crippen molar-refractivity contribution in [2.24, 2.45) is 5.92 Å². The second-order valence-corrected chi connectivity index (χ2v) is 8.24. The summed E-state index contributed by atoms with van der Waals surface area (Å²) in [6, 6.07) is 17.6. The van der Waals surface area contributed by atoms with Gasteiger partial charge in [0.1, 0.15) is 5.75 Å². The van der Waals surface area contributed by atoms with Crippen LogP contribution in [0.5, 0.6) is 5.75 Å². The van der Waals surface area contributed by atoms with E-state index in [9.17, 15) is 0 Å². The first-order chi connectivity index (χ1) is 13.2. The van der Waals surface area contributed by atoms with E-state index in [1.807, 2.05) is 0 Å². The molecule has 1 aliphatic heterocycles. The molecule has 3 aromatic rings. The Morgan fingerprint density at radius 3 is 2.93 bits per heavy atom. The van der Waals surface area contributed by atoms with Crippen LogP contribution < -0.4 is 4.74 Å². The van der Waals surface area contributed by atoms with Crippen molar-refractivity contribution in [3.05, 3.63) is 65.4 Å². The van der Waals surface area contributed by atoms with Crippen molar-refractivity contribution in [2.75, 3.05) is 26.7 Å². The molecule has 0 saturated carbocycles. The summed E-state index contributed by atoms with van der Waals surface area (Å²) >= 11 is 0. The molecule has 2 aromatic carbocycles. The van der Waals surface area contributed by atoms with E-state index in [0.29, 0.717) is 5.92 Å². The Bertz CT molecular complexity index is 975. The van der Waals surface area contributed by atoms with E-state index in [-0.39, 0.29) is 5.41 Å². The molecular weight excluding hydrogens is 332 g/mol. The van der Waals surface area contributed by atoms with Gasteiger partial charge in [0.25, 0.3) is 0 Å². The minimum Gasteiger partial charge on any atom is -0.497 e. The number of nitrogens with zero attached hydrogens (tertiary/aromatic N) is 1. The Hall–Kier alpha value is -2.26. The van der Waals surface area contributed by atoms with E-state index in [1.54, 1.807) is 12.7 Å². The van der Waals surface area contributed by atoms with Crippen LogP contribution in [-0.4, -0.2) is 36.6 Å². The van der Waals surface area contributed by atoms with Gasteiger partial charge < -0.3 is 14.6 Å². The summed E-state index contributed by atoms with van der Waals surface area (Å²) in [5.74, 6) is 1.62. The van der Waals surface area contributed by atoms with Gasteiger partial charge in [-0.25, -0.2) is 0 Å². The Morgan fingerprint density at radius 1 is 1.19 bits per heavy atom. The lowest BCUT2D eigenvalue weighted by Gasteiger charge is -2.51. The summed E-state index contributed by atoms with van der Waals surface area (Å²) in [5.41, 5.74) is 5.93. The number of fused-ring (bicyclic) bond motifs is 4. The number of ether oxygens (including phenoxy) is 1. The van der Waals surface area contributed by atoms with Gasteiger partial charge in [-0.15, -0.1) is 0 Å². The number of aromatic amines is 1. The number of hydrogen-bond acceptors (Lipinski definition) is 2. The molecule has 1 saturated heterocycles. The summed E-state index contributed by atoms with van der Waals surface area (Å²) < 4.78 is 5.56. The van der Waals surface area contributed by atoms with Crippen LogP contribution in [0.15, 0.2) is 48.5 Å². The molecule has 2 heterocycles. The van der Waals surface area contributed by atoms with Crippen LogP contribution in [0.4, 0.5) is 0 Å². The lowest BCUT2D eigenvalue weighted by Crippen LogP contribution is -2.53. The summed E-state index contributed by atoms with van der Waals surface area (Å²) in [6.45, 7) is 5.80. The summed E-state index contributed by atoms with van der Waals surface area (Å²) in [6.07, 6.45) is 3.48. The first kappa shape index (κ1) is 16.9. The molecule has 0 amide bonds. The first-order valence-electron chi connectivity index (χ1n) is 10.2. The van der Waals surface area contributed by atoms with Crippen molar-refractivity contribution in [3.63, 3.8) is 0 Å². The molecule has 1 unspecified atom stereocenters. The fourth-order valence-corrected chi connectivity index (χ4v) is 5.54. The molecule has 2 aliphatic rings. The highest BCUT2D eigenvalue weighted by atomic mass is 16.5. The minimum atomic E-state index is 0.202. The zero-order valence-electron chi connectivity index (χ0n) is 16.3. The Kier molecular flexibility index (Phi) is 4.01. The van der Waals surface area contributed by atoms with Gasteiger partial charge in [-0.05, 0) is 67.6 Å². The number of aromatic nitrogens is 1. The fourth-order valence-electron chi connectivity index (χ4n) is 5.54. The lowest BCUT2D eigenvalue weighted by atomic mass is 9.59. The van der Waals surface area contributed by atoms with Gasteiger partial charge in [-0.3, -0.25) is 0 Å². The molecule has 0 bridgehead atoms. The number of piperidine rings is 1. The molecule has 5 rings (SSSR count). The molecule has 27 heavy (non-hydrogen) atoms. The monoisotopic (exact) mass is 360 g/mol. The van der Waals surface area contributed by atoms with Crippen LogP contribution in [0.25, 0.3) is 10.9 Å². The van der Waals surface area contributed by atoms with E-state index in [4.69, 9.17) is 4.74 Å². The summed E-state index contributed by atoms with van der Waals surface area (Å²) in [7, 11) is 1.77. The van der Waals surface area contributed by atoms with Gasteiger partial charge in [0.05, 0.1) is 7.11 Å². The third kappa shape index (κ3) is 2.60. The maximum atomic E-state index is 5.56. The van der Waals surface area contributed by atoms with Crippen LogP contribution >= 0.6 is 0 Å². The highest BCUT2D eigenvalue weighted by molar-refractivity contribution is 5.85. The zero-order valence-corrected chi connectivity index (χ0v) is 16.3. The molecule has 0 spiro atoms. The quantitative estimate of drug-likeness (QED) is 0.742. The van der Waals surface area contributed by atoms with E-state index < -0.39 is 0 Å². The molecule has 3 heteroatoms. The molecule has 1 N–H and O–H groups in total. The maximum absolute atomic E-state index is 5.56. The third-order valence-electron chi connectivity index (χ3n) is 7.07. The van der Waals surface area contributed by atoms with Crippen molar-refractivity contribution in [1.29, 1.82) is 0 Å². The van der Waals surface area contributed by atoms with Crippen molar-refractivity contribution in [3.8, 4) is 5.75 Å². The molecule has 1 fully saturated rings.